The summed E-state index contributed by atoms with van der Waals surface area (Å²) in [5.41, 5.74) is 9.02. The molecular weight excluding hydrogens is 428 g/mol. The van der Waals surface area contributed by atoms with Gasteiger partial charge < -0.3 is 5.73 Å². The van der Waals surface area contributed by atoms with Gasteiger partial charge in [0.15, 0.2) is 5.03 Å². The lowest BCUT2D eigenvalue weighted by molar-refractivity contribution is -0.115. The summed E-state index contributed by atoms with van der Waals surface area (Å²) in [6, 6.07) is 8.20. The van der Waals surface area contributed by atoms with Crippen molar-refractivity contribution in [1.29, 1.82) is 5.26 Å². The molecule has 0 radical (unpaired) electrons. The third-order valence-corrected chi connectivity index (χ3v) is 6.96. The highest BCUT2D eigenvalue weighted by atomic mass is 32.2. The van der Waals surface area contributed by atoms with E-state index in [4.69, 9.17) is 0 Å². The van der Waals surface area contributed by atoms with Gasteiger partial charge in [-0.1, -0.05) is 23.8 Å². The van der Waals surface area contributed by atoms with Crippen LogP contribution in [0.3, 0.4) is 0 Å². The fourth-order valence-electron chi connectivity index (χ4n) is 3.75. The van der Waals surface area contributed by atoms with Crippen molar-refractivity contribution in [3.63, 3.8) is 0 Å². The second kappa shape index (κ2) is 9.06. The molecule has 0 saturated carbocycles. The Balaban J connectivity index is 0.000000668. The minimum absolute atomic E-state index is 0.0256. The van der Waals surface area contributed by atoms with Gasteiger partial charge in [-0.15, -0.1) is 0 Å². The first-order valence-electron chi connectivity index (χ1n) is 10.2. The average molecular weight is 455 g/mol. The second-order valence-electron chi connectivity index (χ2n) is 7.82. The number of primary amides is 1. The molecule has 0 atom stereocenters. The SMILES string of the molecule is CC(N)=O.Cc1ccc(-c2c(C#N)c(C)nc3nc(S(=O)(=O)N4CCCC4)cn23)c(C)c1. The van der Waals surface area contributed by atoms with Crippen LogP contribution in [0.15, 0.2) is 29.4 Å². The zero-order valence-electron chi connectivity index (χ0n) is 18.6. The minimum Gasteiger partial charge on any atom is -0.370 e. The van der Waals surface area contributed by atoms with Crippen LogP contribution in [0, 0.1) is 32.1 Å². The highest BCUT2D eigenvalue weighted by Crippen LogP contribution is 2.31. The first-order valence-corrected chi connectivity index (χ1v) is 11.6. The molecule has 1 aliphatic rings. The van der Waals surface area contributed by atoms with E-state index in [0.29, 0.717) is 30.0 Å². The largest absolute Gasteiger partial charge is 0.370 e. The molecule has 10 heteroatoms. The zero-order valence-corrected chi connectivity index (χ0v) is 19.4. The van der Waals surface area contributed by atoms with Gasteiger partial charge in [0, 0.05) is 25.6 Å². The number of benzene rings is 1. The van der Waals surface area contributed by atoms with Crippen LogP contribution in [-0.4, -0.2) is 46.1 Å². The van der Waals surface area contributed by atoms with Crippen molar-refractivity contribution >= 4 is 21.7 Å². The van der Waals surface area contributed by atoms with Gasteiger partial charge in [-0.2, -0.15) is 14.6 Å². The summed E-state index contributed by atoms with van der Waals surface area (Å²) in [6.07, 6.45) is 3.21. The third kappa shape index (κ3) is 4.49. The number of carbonyl (C=O) groups excluding carboxylic acids is 1. The molecular formula is C22H26N6O3S. The van der Waals surface area contributed by atoms with Gasteiger partial charge in [0.1, 0.15) is 6.07 Å². The Morgan fingerprint density at radius 3 is 2.34 bits per heavy atom. The number of carbonyl (C=O) groups is 1. The van der Waals surface area contributed by atoms with Crippen molar-refractivity contribution in [2.24, 2.45) is 5.73 Å². The molecule has 9 nitrogen and oxygen atoms in total. The van der Waals surface area contributed by atoms with Gasteiger partial charge in [0.2, 0.25) is 11.7 Å². The summed E-state index contributed by atoms with van der Waals surface area (Å²) in [5.74, 6) is -0.0516. The number of imidazole rings is 1. The lowest BCUT2D eigenvalue weighted by Crippen LogP contribution is -2.28. The van der Waals surface area contributed by atoms with Crippen LogP contribution in [0.5, 0.6) is 0 Å². The molecule has 1 aliphatic heterocycles. The number of rotatable bonds is 3. The Morgan fingerprint density at radius 2 is 1.78 bits per heavy atom. The predicted octanol–water partition coefficient (Wildman–Crippen LogP) is 2.47. The Kier molecular flexibility index (Phi) is 6.62. The highest BCUT2D eigenvalue weighted by Gasteiger charge is 2.30. The fraction of sp³-hybridized carbons (Fsp3) is 0.364. The van der Waals surface area contributed by atoms with E-state index in [9.17, 15) is 18.5 Å². The van der Waals surface area contributed by atoms with Crippen LogP contribution in [0.2, 0.25) is 0 Å². The number of fused-ring (bicyclic) bond motifs is 1. The molecule has 32 heavy (non-hydrogen) atoms. The molecule has 2 N–H and O–H groups in total. The predicted molar refractivity (Wildman–Crippen MR) is 120 cm³/mol. The van der Waals surface area contributed by atoms with E-state index in [-0.39, 0.29) is 16.7 Å². The molecule has 3 aromatic rings. The summed E-state index contributed by atoms with van der Waals surface area (Å²) in [6.45, 7) is 8.05. The Bertz CT molecular complexity index is 1330. The van der Waals surface area contributed by atoms with E-state index in [2.05, 4.69) is 21.8 Å². The number of aryl methyl sites for hydroxylation is 3. The third-order valence-electron chi connectivity index (χ3n) is 5.19. The zero-order chi connectivity index (χ0) is 23.6. The van der Waals surface area contributed by atoms with E-state index >= 15 is 0 Å². The number of hydrogen-bond donors (Lipinski definition) is 1. The van der Waals surface area contributed by atoms with Crippen LogP contribution in [-0.2, 0) is 14.8 Å². The van der Waals surface area contributed by atoms with Gasteiger partial charge in [-0.25, -0.2) is 13.4 Å². The summed E-state index contributed by atoms with van der Waals surface area (Å²) >= 11 is 0. The van der Waals surface area contributed by atoms with Crippen molar-refractivity contribution in [3.05, 3.63) is 46.8 Å². The molecule has 0 unspecified atom stereocenters. The molecule has 0 spiro atoms. The summed E-state index contributed by atoms with van der Waals surface area (Å²) < 4.78 is 29.0. The number of aromatic nitrogens is 3. The number of nitrogens with zero attached hydrogens (tertiary/aromatic N) is 5. The molecule has 1 aromatic carbocycles. The molecule has 4 rings (SSSR count). The monoisotopic (exact) mass is 454 g/mol. The van der Waals surface area contributed by atoms with Crippen molar-refractivity contribution < 1.29 is 13.2 Å². The molecule has 3 heterocycles. The molecule has 168 valence electrons. The average Bonchev–Trinajstić information content (AvgIpc) is 3.37. The summed E-state index contributed by atoms with van der Waals surface area (Å²) in [5, 5.41) is 9.73. The normalized spacial score (nSPS) is 14.1. The van der Waals surface area contributed by atoms with E-state index in [1.54, 1.807) is 11.3 Å². The number of nitriles is 1. The molecule has 0 aliphatic carbocycles. The summed E-state index contributed by atoms with van der Waals surface area (Å²) in [7, 11) is -3.67. The maximum absolute atomic E-state index is 13.0. The maximum atomic E-state index is 13.0. The van der Waals surface area contributed by atoms with Gasteiger partial charge in [-0.3, -0.25) is 9.20 Å². The Morgan fingerprint density at radius 1 is 1.16 bits per heavy atom. The van der Waals surface area contributed by atoms with Crippen LogP contribution < -0.4 is 5.73 Å². The molecule has 0 bridgehead atoms. The minimum atomic E-state index is -3.67. The van der Waals surface area contributed by atoms with Crippen molar-refractivity contribution in [2.75, 3.05) is 13.1 Å². The molecule has 2 aromatic heterocycles. The number of sulfonamides is 1. The number of amides is 1. The van der Waals surface area contributed by atoms with Crippen LogP contribution in [0.25, 0.3) is 17.0 Å². The quantitative estimate of drug-likeness (QED) is 0.646. The smallest absolute Gasteiger partial charge is 0.262 e. The van der Waals surface area contributed by atoms with Gasteiger partial charge >= 0.3 is 0 Å². The lowest BCUT2D eigenvalue weighted by atomic mass is 9.99. The molecule has 1 fully saturated rings. The van der Waals surface area contributed by atoms with Crippen molar-refractivity contribution in [2.45, 2.75) is 45.6 Å². The first-order chi connectivity index (χ1) is 15.1. The lowest BCUT2D eigenvalue weighted by Gasteiger charge is -2.13. The molecule has 1 amide bonds. The van der Waals surface area contributed by atoms with Gasteiger partial charge in [0.25, 0.3) is 10.0 Å². The fourth-order valence-corrected chi connectivity index (χ4v) is 5.19. The van der Waals surface area contributed by atoms with Crippen LogP contribution in [0.4, 0.5) is 0 Å². The van der Waals surface area contributed by atoms with E-state index in [0.717, 1.165) is 29.5 Å². The highest BCUT2D eigenvalue weighted by molar-refractivity contribution is 7.89. The number of hydrogen-bond acceptors (Lipinski definition) is 6. The number of nitrogens with two attached hydrogens (primary N) is 1. The van der Waals surface area contributed by atoms with Crippen LogP contribution in [0.1, 0.15) is 42.1 Å². The first kappa shape index (κ1) is 23.4. The topological polar surface area (TPSA) is 134 Å². The van der Waals surface area contributed by atoms with Crippen molar-refractivity contribution in [3.8, 4) is 17.3 Å². The van der Waals surface area contributed by atoms with Crippen molar-refractivity contribution in [1.82, 2.24) is 18.7 Å². The van der Waals surface area contributed by atoms with E-state index in [1.807, 2.05) is 32.0 Å². The van der Waals surface area contributed by atoms with Gasteiger partial charge in [0.05, 0.1) is 23.1 Å². The van der Waals surface area contributed by atoms with E-state index < -0.39 is 10.0 Å². The van der Waals surface area contributed by atoms with E-state index in [1.165, 1.54) is 17.4 Å². The second-order valence-corrected chi connectivity index (χ2v) is 9.71. The van der Waals surface area contributed by atoms with Crippen LogP contribution >= 0.6 is 0 Å². The van der Waals surface area contributed by atoms with Gasteiger partial charge in [-0.05, 0) is 39.2 Å². The Hall–Kier alpha value is -3.29. The Labute approximate surface area is 187 Å². The summed E-state index contributed by atoms with van der Waals surface area (Å²) in [4.78, 5) is 17.9. The standard InChI is InChI=1S/C20H21N5O2S.C2H5NO/c1-13-6-7-16(14(2)10-13)19-17(11-21)15(3)22-20-23-18(12-25(19)20)28(26,27)24-8-4-5-9-24;1-2(3)4/h6-7,10,12H,4-5,8-9H2,1-3H3;1H3,(H2,3,4). The maximum Gasteiger partial charge on any atom is 0.262 e. The molecule has 1 saturated heterocycles.